The summed E-state index contributed by atoms with van der Waals surface area (Å²) < 4.78 is 5.05. The first-order valence-electron chi connectivity index (χ1n) is 3.94. The highest BCUT2D eigenvalue weighted by Crippen LogP contribution is 2.47. The Hall–Kier alpha value is -0.200. The van der Waals surface area contributed by atoms with Gasteiger partial charge in [-0.3, -0.25) is 0 Å². The van der Waals surface area contributed by atoms with Gasteiger partial charge >= 0.3 is 0 Å². The van der Waals surface area contributed by atoms with E-state index in [2.05, 4.69) is 0 Å². The molecule has 2 rings (SSSR count). The highest BCUT2D eigenvalue weighted by Gasteiger charge is 2.67. The minimum Gasteiger partial charge on any atom is -0.393 e. The highest BCUT2D eigenvalue weighted by atomic mass is 16.6. The molecule has 0 aromatic rings. The molecule has 0 aromatic carbocycles. The summed E-state index contributed by atoms with van der Waals surface area (Å²) in [7, 11) is 0. The second kappa shape index (κ2) is 2.40. The van der Waals surface area contributed by atoms with Crippen molar-refractivity contribution in [2.45, 2.75) is 36.4 Å². The first kappa shape index (κ1) is 8.40. The van der Waals surface area contributed by atoms with E-state index in [9.17, 15) is 15.3 Å². The van der Waals surface area contributed by atoms with Gasteiger partial charge in [0.2, 0.25) is 0 Å². The Kier molecular flexibility index (Phi) is 1.68. The normalized spacial score (nSPS) is 58.0. The van der Waals surface area contributed by atoms with Gasteiger partial charge in [-0.2, -0.15) is 0 Å². The number of aliphatic hydroxyl groups excluding tert-OH is 4. The molecule has 5 atom stereocenters. The van der Waals surface area contributed by atoms with Gasteiger partial charge in [-0.1, -0.05) is 0 Å². The Morgan fingerprint density at radius 3 is 2.58 bits per heavy atom. The van der Waals surface area contributed by atoms with Crippen LogP contribution in [0, 0.1) is 0 Å². The lowest BCUT2D eigenvalue weighted by molar-refractivity contribution is -0.105. The number of hydrogen-bond donors (Lipinski definition) is 4. The number of fused-ring (bicyclic) bond motifs is 1. The van der Waals surface area contributed by atoms with Gasteiger partial charge in [0.1, 0.15) is 17.8 Å². The fourth-order valence-corrected chi connectivity index (χ4v) is 1.83. The van der Waals surface area contributed by atoms with Gasteiger partial charge in [0.25, 0.3) is 0 Å². The molecule has 0 radical (unpaired) electrons. The van der Waals surface area contributed by atoms with Gasteiger partial charge < -0.3 is 25.2 Å². The lowest BCUT2D eigenvalue weighted by Gasteiger charge is -2.30. The predicted octanol–water partition coefficient (Wildman–Crippen LogP) is -2.40. The molecule has 1 saturated carbocycles. The molecule has 1 aliphatic carbocycles. The number of ether oxygens (including phenoxy) is 1. The number of epoxide rings is 1. The van der Waals surface area contributed by atoms with E-state index in [0.717, 1.165) is 0 Å². The molecule has 1 saturated heterocycles. The predicted molar refractivity (Wildman–Crippen MR) is 37.3 cm³/mol. The fraction of sp³-hybridized carbons (Fsp3) is 1.00. The standard InChI is InChI=1S/C7H12O5/c8-2-7-4(12-7)1-3(9)5(10)6(7)11/h3-6,8-11H,1-2H2/t3-,4+,5+,6-,7+/m0/s1. The van der Waals surface area contributed by atoms with Crippen LogP contribution in [0.3, 0.4) is 0 Å². The maximum atomic E-state index is 9.41. The Labute approximate surface area is 69.2 Å². The van der Waals surface area contributed by atoms with Crippen molar-refractivity contribution in [3.8, 4) is 0 Å². The van der Waals surface area contributed by atoms with Crippen LogP contribution in [0.15, 0.2) is 0 Å². The Bertz CT molecular complexity index is 196. The van der Waals surface area contributed by atoms with E-state index in [0.29, 0.717) is 0 Å². The molecule has 0 aromatic heterocycles. The van der Waals surface area contributed by atoms with Crippen LogP contribution in [-0.2, 0) is 4.74 Å². The molecule has 70 valence electrons. The van der Waals surface area contributed by atoms with Crippen molar-refractivity contribution in [1.82, 2.24) is 0 Å². The number of hydrogen-bond acceptors (Lipinski definition) is 5. The monoisotopic (exact) mass is 176 g/mol. The van der Waals surface area contributed by atoms with Crippen LogP contribution in [0.25, 0.3) is 0 Å². The van der Waals surface area contributed by atoms with Crippen molar-refractivity contribution in [2.24, 2.45) is 0 Å². The fourth-order valence-electron chi connectivity index (χ4n) is 1.83. The molecule has 2 fully saturated rings. The molecule has 0 unspecified atom stereocenters. The van der Waals surface area contributed by atoms with Crippen molar-refractivity contribution in [2.75, 3.05) is 6.61 Å². The summed E-state index contributed by atoms with van der Waals surface area (Å²) in [5.41, 5.74) is -1.00. The summed E-state index contributed by atoms with van der Waals surface area (Å²) in [5.74, 6) is 0. The van der Waals surface area contributed by atoms with Crippen molar-refractivity contribution < 1.29 is 25.2 Å². The molecule has 2 aliphatic rings. The third-order valence-corrected chi connectivity index (χ3v) is 2.77. The molecule has 5 heteroatoms. The van der Waals surface area contributed by atoms with E-state index in [1.807, 2.05) is 0 Å². The van der Waals surface area contributed by atoms with Crippen molar-refractivity contribution >= 4 is 0 Å². The maximum absolute atomic E-state index is 9.41. The summed E-state index contributed by atoms with van der Waals surface area (Å²) in [6, 6.07) is 0. The van der Waals surface area contributed by atoms with E-state index in [-0.39, 0.29) is 19.1 Å². The van der Waals surface area contributed by atoms with Gasteiger partial charge in [0.05, 0.1) is 18.8 Å². The third-order valence-electron chi connectivity index (χ3n) is 2.77. The van der Waals surface area contributed by atoms with Crippen LogP contribution >= 0.6 is 0 Å². The smallest absolute Gasteiger partial charge is 0.146 e. The number of rotatable bonds is 1. The van der Waals surface area contributed by atoms with E-state index in [1.165, 1.54) is 0 Å². The summed E-state index contributed by atoms with van der Waals surface area (Å²) in [5, 5.41) is 36.7. The Morgan fingerprint density at radius 2 is 2.00 bits per heavy atom. The topological polar surface area (TPSA) is 93.5 Å². The SMILES string of the molecule is OC[C@@]12O[C@@H]1C[C@H](O)[C@@H](O)[C@@H]2O. The molecule has 12 heavy (non-hydrogen) atoms. The second-order valence-corrected chi connectivity index (χ2v) is 3.46. The molecular formula is C7H12O5. The zero-order valence-corrected chi connectivity index (χ0v) is 6.42. The minimum atomic E-state index is -1.21. The van der Waals surface area contributed by atoms with Gasteiger partial charge in [-0.15, -0.1) is 0 Å². The number of aliphatic hydroxyl groups is 4. The molecule has 1 aliphatic heterocycles. The lowest BCUT2D eigenvalue weighted by Crippen LogP contribution is -2.53. The molecule has 0 amide bonds. The van der Waals surface area contributed by atoms with Crippen LogP contribution in [0.4, 0.5) is 0 Å². The average Bonchev–Trinajstić information content (AvgIpc) is 2.76. The van der Waals surface area contributed by atoms with Gasteiger partial charge in [0.15, 0.2) is 0 Å². The summed E-state index contributed by atoms with van der Waals surface area (Å²) >= 11 is 0. The zero-order chi connectivity index (χ0) is 8.93. The molecular weight excluding hydrogens is 164 g/mol. The summed E-state index contributed by atoms with van der Waals surface area (Å²) in [6.45, 7) is -0.317. The molecule has 0 bridgehead atoms. The van der Waals surface area contributed by atoms with Gasteiger partial charge in [-0.05, 0) is 0 Å². The van der Waals surface area contributed by atoms with Crippen LogP contribution in [0.1, 0.15) is 6.42 Å². The molecule has 0 spiro atoms. The van der Waals surface area contributed by atoms with Crippen molar-refractivity contribution in [3.05, 3.63) is 0 Å². The van der Waals surface area contributed by atoms with Crippen LogP contribution < -0.4 is 0 Å². The Balaban J connectivity index is 2.15. The average molecular weight is 176 g/mol. The van der Waals surface area contributed by atoms with Crippen molar-refractivity contribution in [1.29, 1.82) is 0 Å². The first-order chi connectivity index (χ1) is 5.62. The molecule has 4 N–H and O–H groups in total. The Morgan fingerprint density at radius 1 is 1.33 bits per heavy atom. The van der Waals surface area contributed by atoms with Gasteiger partial charge in [0, 0.05) is 6.42 Å². The van der Waals surface area contributed by atoms with Crippen LogP contribution in [0.2, 0.25) is 0 Å². The molecule has 1 heterocycles. The first-order valence-corrected chi connectivity index (χ1v) is 3.94. The van der Waals surface area contributed by atoms with Crippen molar-refractivity contribution in [3.63, 3.8) is 0 Å². The van der Waals surface area contributed by atoms with Gasteiger partial charge in [-0.25, -0.2) is 0 Å². The quantitative estimate of drug-likeness (QED) is 0.334. The highest BCUT2D eigenvalue weighted by molar-refractivity contribution is 5.15. The van der Waals surface area contributed by atoms with E-state index < -0.39 is 23.9 Å². The summed E-state index contributed by atoms with van der Waals surface area (Å²) in [4.78, 5) is 0. The lowest BCUT2D eigenvalue weighted by atomic mass is 9.83. The summed E-state index contributed by atoms with van der Waals surface area (Å²) in [6.07, 6.45) is -3.38. The third kappa shape index (κ3) is 0.855. The van der Waals surface area contributed by atoms with Crippen LogP contribution in [0.5, 0.6) is 0 Å². The van der Waals surface area contributed by atoms with E-state index in [4.69, 9.17) is 9.84 Å². The van der Waals surface area contributed by atoms with E-state index >= 15 is 0 Å². The minimum absolute atomic E-state index is 0.277. The largest absolute Gasteiger partial charge is 0.393 e. The maximum Gasteiger partial charge on any atom is 0.146 e. The van der Waals surface area contributed by atoms with E-state index in [1.54, 1.807) is 0 Å². The van der Waals surface area contributed by atoms with Crippen LogP contribution in [-0.4, -0.2) is 57.0 Å². The zero-order valence-electron chi connectivity index (χ0n) is 6.42. The second-order valence-electron chi connectivity index (χ2n) is 3.46. The molecule has 5 nitrogen and oxygen atoms in total.